The molecule has 1 saturated heterocycles. The summed E-state index contributed by atoms with van der Waals surface area (Å²) >= 11 is 1.61. The summed E-state index contributed by atoms with van der Waals surface area (Å²) in [6.45, 7) is 4.56. The average Bonchev–Trinajstić information content (AvgIpc) is 3.15. The molecule has 0 aliphatic carbocycles. The van der Waals surface area contributed by atoms with Gasteiger partial charge in [0.2, 0.25) is 0 Å². The lowest BCUT2D eigenvalue weighted by Gasteiger charge is -2.36. The van der Waals surface area contributed by atoms with Crippen LogP contribution in [0.3, 0.4) is 0 Å². The number of nitrogen functional groups attached to an aromatic ring is 1. The third-order valence-electron chi connectivity index (χ3n) is 5.35. The second kappa shape index (κ2) is 8.20. The maximum atomic E-state index is 12.8. The molecule has 2 aromatic carbocycles. The Bertz CT molecular complexity index is 977. The van der Waals surface area contributed by atoms with Crippen molar-refractivity contribution in [3.8, 4) is 5.75 Å². The SMILES string of the molecule is COc1ccccc1N1CCN(CCC(=O)c2csc3ccc(N)cc23)CC1. The quantitative estimate of drug-likeness (QED) is 0.507. The van der Waals surface area contributed by atoms with Crippen molar-refractivity contribution in [3.63, 3.8) is 0 Å². The molecule has 4 rings (SSSR count). The second-order valence-electron chi connectivity index (χ2n) is 7.08. The Balaban J connectivity index is 1.34. The van der Waals surface area contributed by atoms with E-state index in [0.29, 0.717) is 12.1 Å². The zero-order valence-electron chi connectivity index (χ0n) is 16.1. The Morgan fingerprint density at radius 1 is 1.14 bits per heavy atom. The van der Waals surface area contributed by atoms with Gasteiger partial charge in [-0.1, -0.05) is 12.1 Å². The van der Waals surface area contributed by atoms with Gasteiger partial charge in [0.1, 0.15) is 5.75 Å². The smallest absolute Gasteiger partial charge is 0.165 e. The Morgan fingerprint density at radius 2 is 1.93 bits per heavy atom. The van der Waals surface area contributed by atoms with Crippen LogP contribution >= 0.6 is 11.3 Å². The highest BCUT2D eigenvalue weighted by molar-refractivity contribution is 7.17. The highest BCUT2D eigenvalue weighted by Gasteiger charge is 2.20. The summed E-state index contributed by atoms with van der Waals surface area (Å²) in [6, 6.07) is 13.9. The number of fused-ring (bicyclic) bond motifs is 1. The monoisotopic (exact) mass is 395 g/mol. The van der Waals surface area contributed by atoms with E-state index in [1.165, 1.54) is 0 Å². The van der Waals surface area contributed by atoms with Crippen LogP contribution in [0.4, 0.5) is 11.4 Å². The molecule has 6 heteroatoms. The van der Waals surface area contributed by atoms with E-state index in [1.807, 2.05) is 41.8 Å². The van der Waals surface area contributed by atoms with Crippen molar-refractivity contribution in [3.05, 3.63) is 53.4 Å². The van der Waals surface area contributed by atoms with Gasteiger partial charge < -0.3 is 15.4 Å². The molecule has 5 nitrogen and oxygen atoms in total. The van der Waals surface area contributed by atoms with E-state index >= 15 is 0 Å². The van der Waals surface area contributed by atoms with E-state index in [0.717, 1.165) is 59.8 Å². The van der Waals surface area contributed by atoms with Gasteiger partial charge in [-0.2, -0.15) is 0 Å². The fourth-order valence-electron chi connectivity index (χ4n) is 3.76. The molecule has 0 atom stereocenters. The fraction of sp³-hybridized carbons (Fsp3) is 0.318. The number of nitrogens with zero attached hydrogens (tertiary/aromatic N) is 2. The molecular weight excluding hydrogens is 370 g/mol. The maximum absolute atomic E-state index is 12.8. The zero-order chi connectivity index (χ0) is 19.5. The highest BCUT2D eigenvalue weighted by Crippen LogP contribution is 2.30. The number of anilines is 2. The van der Waals surface area contributed by atoms with Gasteiger partial charge >= 0.3 is 0 Å². The average molecular weight is 396 g/mol. The third kappa shape index (κ3) is 3.84. The number of hydrogen-bond acceptors (Lipinski definition) is 6. The lowest BCUT2D eigenvalue weighted by Crippen LogP contribution is -2.47. The minimum absolute atomic E-state index is 0.198. The van der Waals surface area contributed by atoms with E-state index in [-0.39, 0.29) is 5.78 Å². The number of methoxy groups -OCH3 is 1. The Morgan fingerprint density at radius 3 is 2.71 bits per heavy atom. The molecule has 1 aromatic heterocycles. The van der Waals surface area contributed by atoms with Gasteiger partial charge in [-0.05, 0) is 30.3 Å². The van der Waals surface area contributed by atoms with Crippen molar-refractivity contribution in [1.29, 1.82) is 0 Å². The molecule has 0 unspecified atom stereocenters. The fourth-order valence-corrected chi connectivity index (χ4v) is 4.71. The molecule has 0 amide bonds. The van der Waals surface area contributed by atoms with Crippen LogP contribution in [0.25, 0.3) is 10.1 Å². The summed E-state index contributed by atoms with van der Waals surface area (Å²) in [5.74, 6) is 1.11. The van der Waals surface area contributed by atoms with Gasteiger partial charge in [0.05, 0.1) is 12.8 Å². The van der Waals surface area contributed by atoms with Crippen LogP contribution in [0.5, 0.6) is 5.75 Å². The number of carbonyl (C=O) groups excluding carboxylic acids is 1. The predicted molar refractivity (Wildman–Crippen MR) is 117 cm³/mol. The van der Waals surface area contributed by atoms with Gasteiger partial charge in [-0.15, -0.1) is 11.3 Å². The third-order valence-corrected chi connectivity index (χ3v) is 6.31. The number of ketones is 1. The van der Waals surface area contributed by atoms with E-state index in [9.17, 15) is 4.79 Å². The number of piperazine rings is 1. The topological polar surface area (TPSA) is 58.8 Å². The van der Waals surface area contributed by atoms with Crippen LogP contribution < -0.4 is 15.4 Å². The van der Waals surface area contributed by atoms with Gasteiger partial charge in [0, 0.05) is 65.9 Å². The number of nitrogens with two attached hydrogens (primary N) is 1. The molecule has 1 aliphatic rings. The highest BCUT2D eigenvalue weighted by atomic mass is 32.1. The number of carbonyl (C=O) groups is 1. The van der Waals surface area contributed by atoms with E-state index in [1.54, 1.807) is 18.4 Å². The molecule has 2 heterocycles. The van der Waals surface area contributed by atoms with Crippen LogP contribution in [0, 0.1) is 0 Å². The standard InChI is InChI=1S/C22H25N3O2S/c1-27-21-5-3-2-4-19(21)25-12-10-24(11-13-25)9-8-20(26)18-15-28-22-7-6-16(23)14-17(18)22/h2-7,14-15H,8-13,23H2,1H3. The van der Waals surface area contributed by atoms with Crippen molar-refractivity contribution >= 4 is 38.6 Å². The van der Waals surface area contributed by atoms with Crippen molar-refractivity contribution in [2.75, 3.05) is 50.5 Å². The number of para-hydroxylation sites is 2. The molecule has 1 aliphatic heterocycles. The van der Waals surface area contributed by atoms with Gasteiger partial charge in [0.15, 0.2) is 5.78 Å². The van der Waals surface area contributed by atoms with E-state index in [4.69, 9.17) is 10.5 Å². The molecule has 2 N–H and O–H groups in total. The molecule has 3 aromatic rings. The number of benzene rings is 2. The Hall–Kier alpha value is -2.57. The van der Waals surface area contributed by atoms with E-state index in [2.05, 4.69) is 15.9 Å². The van der Waals surface area contributed by atoms with Crippen molar-refractivity contribution in [1.82, 2.24) is 4.90 Å². The molecule has 0 spiro atoms. The summed E-state index contributed by atoms with van der Waals surface area (Å²) in [6.07, 6.45) is 0.537. The molecular formula is C22H25N3O2S. The lowest BCUT2D eigenvalue weighted by atomic mass is 10.1. The van der Waals surface area contributed by atoms with Gasteiger partial charge in [-0.25, -0.2) is 0 Å². The summed E-state index contributed by atoms with van der Waals surface area (Å²) < 4.78 is 6.60. The van der Waals surface area contributed by atoms with Crippen LogP contribution in [-0.4, -0.2) is 50.5 Å². The Labute approximate surface area is 169 Å². The van der Waals surface area contributed by atoms with E-state index < -0.39 is 0 Å². The molecule has 1 fully saturated rings. The summed E-state index contributed by atoms with van der Waals surface area (Å²) in [5.41, 5.74) is 8.54. The first-order valence-electron chi connectivity index (χ1n) is 9.56. The number of rotatable bonds is 6. The normalized spacial score (nSPS) is 15.1. The minimum atomic E-state index is 0.198. The first-order valence-corrected chi connectivity index (χ1v) is 10.4. The van der Waals surface area contributed by atoms with Crippen LogP contribution in [0.1, 0.15) is 16.8 Å². The maximum Gasteiger partial charge on any atom is 0.165 e. The zero-order valence-corrected chi connectivity index (χ0v) is 16.9. The Kier molecular flexibility index (Phi) is 5.50. The molecule has 0 radical (unpaired) electrons. The molecule has 0 bridgehead atoms. The molecule has 146 valence electrons. The van der Waals surface area contributed by atoms with Gasteiger partial charge in [0.25, 0.3) is 0 Å². The van der Waals surface area contributed by atoms with Gasteiger partial charge in [-0.3, -0.25) is 9.69 Å². The van der Waals surface area contributed by atoms with Crippen molar-refractivity contribution in [2.24, 2.45) is 0 Å². The number of ether oxygens (including phenoxy) is 1. The minimum Gasteiger partial charge on any atom is -0.495 e. The van der Waals surface area contributed by atoms with Crippen LogP contribution in [-0.2, 0) is 0 Å². The predicted octanol–water partition coefficient (Wildman–Crippen LogP) is 3.89. The summed E-state index contributed by atoms with van der Waals surface area (Å²) in [7, 11) is 1.71. The molecule has 0 saturated carbocycles. The summed E-state index contributed by atoms with van der Waals surface area (Å²) in [5, 5.41) is 2.95. The number of hydrogen-bond donors (Lipinski definition) is 1. The first kappa shape index (κ1) is 18.8. The largest absolute Gasteiger partial charge is 0.495 e. The van der Waals surface area contributed by atoms with Crippen LogP contribution in [0.15, 0.2) is 47.8 Å². The second-order valence-corrected chi connectivity index (χ2v) is 7.99. The lowest BCUT2D eigenvalue weighted by molar-refractivity contribution is 0.0964. The number of Topliss-reactive ketones (excluding diaryl/α,β-unsaturated/α-hetero) is 1. The number of thiophene rings is 1. The molecule has 28 heavy (non-hydrogen) atoms. The first-order chi connectivity index (χ1) is 13.7. The van der Waals surface area contributed by atoms with Crippen molar-refractivity contribution in [2.45, 2.75) is 6.42 Å². The summed E-state index contributed by atoms with van der Waals surface area (Å²) in [4.78, 5) is 17.5. The van der Waals surface area contributed by atoms with Crippen molar-refractivity contribution < 1.29 is 9.53 Å². The van der Waals surface area contributed by atoms with Crippen LogP contribution in [0.2, 0.25) is 0 Å².